The van der Waals surface area contributed by atoms with Crippen molar-refractivity contribution in [1.29, 1.82) is 0 Å². The molecule has 1 unspecified atom stereocenters. The molecule has 12 heavy (non-hydrogen) atoms. The lowest BCUT2D eigenvalue weighted by Crippen LogP contribution is -2.26. The average molecular weight is 191 g/mol. The highest BCUT2D eigenvalue weighted by Gasteiger charge is 2.25. The van der Waals surface area contributed by atoms with Crippen LogP contribution in [0.3, 0.4) is 0 Å². The maximum Gasteiger partial charge on any atom is 0.289 e. The Morgan fingerprint density at radius 3 is 2.50 bits per heavy atom. The molecule has 0 heterocycles. The van der Waals surface area contributed by atoms with Gasteiger partial charge in [0.15, 0.2) is 0 Å². The van der Waals surface area contributed by atoms with Crippen LogP contribution in [0.15, 0.2) is 12.2 Å². The molecule has 1 aliphatic carbocycles. The van der Waals surface area contributed by atoms with Gasteiger partial charge in [0.05, 0.1) is 0 Å². The van der Waals surface area contributed by atoms with Gasteiger partial charge in [-0.05, 0) is 18.8 Å². The minimum atomic E-state index is -3.55. The summed E-state index contributed by atoms with van der Waals surface area (Å²) >= 11 is 0. The molecular formula is C7H13NO3S. The Hall–Kier alpha value is -0.390. The van der Waals surface area contributed by atoms with Gasteiger partial charge >= 0.3 is 0 Å². The molecule has 0 aliphatic heterocycles. The summed E-state index contributed by atoms with van der Waals surface area (Å²) in [6, 6.07) is 0. The van der Waals surface area contributed by atoms with Crippen molar-refractivity contribution in [2.45, 2.75) is 25.0 Å². The SMILES string of the molecule is C[C@H]1C=CC(S(=O)(=O)ON)CC1. The van der Waals surface area contributed by atoms with E-state index in [9.17, 15) is 8.42 Å². The fraction of sp³-hybridized carbons (Fsp3) is 0.714. The Morgan fingerprint density at radius 1 is 1.42 bits per heavy atom. The topological polar surface area (TPSA) is 69.4 Å². The number of rotatable bonds is 2. The maximum absolute atomic E-state index is 11.1. The molecule has 1 rings (SSSR count). The molecule has 0 amide bonds. The maximum atomic E-state index is 11.1. The second kappa shape index (κ2) is 3.55. The molecular weight excluding hydrogens is 178 g/mol. The smallest absolute Gasteiger partial charge is 0.198 e. The molecule has 0 saturated carbocycles. The van der Waals surface area contributed by atoms with Gasteiger partial charge in [-0.3, -0.25) is 0 Å². The monoisotopic (exact) mass is 191 g/mol. The normalized spacial score (nSPS) is 30.5. The van der Waals surface area contributed by atoms with Crippen LogP contribution in [-0.4, -0.2) is 13.7 Å². The van der Waals surface area contributed by atoms with Crippen LogP contribution in [0.25, 0.3) is 0 Å². The average Bonchev–Trinajstić information content (AvgIpc) is 2.05. The standard InChI is InChI=1S/C7H13NO3S/c1-6-2-4-7(5-3-6)12(9,10)11-8/h2,4,6-7H,3,5,8H2,1H3/t6-,7?/m0/s1. The highest BCUT2D eigenvalue weighted by molar-refractivity contribution is 7.87. The number of nitrogens with two attached hydrogens (primary N) is 1. The lowest BCUT2D eigenvalue weighted by atomic mass is 9.98. The summed E-state index contributed by atoms with van der Waals surface area (Å²) in [6.07, 6.45) is 4.99. The minimum absolute atomic E-state index is 0.453. The Balaban J connectivity index is 2.74. The minimum Gasteiger partial charge on any atom is -0.198 e. The molecule has 2 N–H and O–H groups in total. The molecule has 0 aromatic carbocycles. The first-order chi connectivity index (χ1) is 5.56. The van der Waals surface area contributed by atoms with E-state index in [1.165, 1.54) is 0 Å². The molecule has 4 nitrogen and oxygen atoms in total. The van der Waals surface area contributed by atoms with Crippen molar-refractivity contribution in [3.05, 3.63) is 12.2 Å². The molecule has 1 aliphatic rings. The van der Waals surface area contributed by atoms with Crippen LogP contribution in [0.4, 0.5) is 0 Å². The molecule has 5 heteroatoms. The predicted octanol–water partition coefficient (Wildman–Crippen LogP) is 0.561. The third kappa shape index (κ3) is 2.06. The van der Waals surface area contributed by atoms with Crippen molar-refractivity contribution in [2.75, 3.05) is 0 Å². The molecule has 0 aromatic heterocycles. The number of allylic oxidation sites excluding steroid dienone is 1. The summed E-state index contributed by atoms with van der Waals surface area (Å²) in [5, 5.41) is -0.557. The van der Waals surface area contributed by atoms with Crippen molar-refractivity contribution in [3.63, 3.8) is 0 Å². The van der Waals surface area contributed by atoms with Crippen LogP contribution in [0.1, 0.15) is 19.8 Å². The zero-order valence-electron chi connectivity index (χ0n) is 6.93. The third-order valence-corrected chi connectivity index (χ3v) is 3.47. The fourth-order valence-electron chi connectivity index (χ4n) is 1.25. The van der Waals surface area contributed by atoms with E-state index in [0.717, 1.165) is 6.42 Å². The van der Waals surface area contributed by atoms with Crippen LogP contribution in [0.2, 0.25) is 0 Å². The summed E-state index contributed by atoms with van der Waals surface area (Å²) in [5.74, 6) is 5.10. The van der Waals surface area contributed by atoms with Gasteiger partial charge in [-0.1, -0.05) is 19.1 Å². The molecule has 0 saturated heterocycles. The van der Waals surface area contributed by atoms with E-state index in [4.69, 9.17) is 0 Å². The molecule has 2 atom stereocenters. The Morgan fingerprint density at radius 2 is 2.08 bits per heavy atom. The van der Waals surface area contributed by atoms with Crippen LogP contribution in [0, 0.1) is 5.92 Å². The van der Waals surface area contributed by atoms with Crippen molar-refractivity contribution in [3.8, 4) is 0 Å². The van der Waals surface area contributed by atoms with E-state index >= 15 is 0 Å². The second-order valence-electron chi connectivity index (χ2n) is 3.07. The lowest BCUT2D eigenvalue weighted by Gasteiger charge is -2.18. The Kier molecular flexibility index (Phi) is 2.87. The lowest BCUT2D eigenvalue weighted by molar-refractivity contribution is 0.325. The first kappa shape index (κ1) is 9.70. The summed E-state index contributed by atoms with van der Waals surface area (Å²) in [7, 11) is -3.55. The largest absolute Gasteiger partial charge is 0.289 e. The van der Waals surface area contributed by atoms with Gasteiger partial charge in [-0.2, -0.15) is 18.6 Å². The third-order valence-electron chi connectivity index (χ3n) is 2.07. The highest BCUT2D eigenvalue weighted by atomic mass is 32.2. The van der Waals surface area contributed by atoms with Crippen molar-refractivity contribution in [2.24, 2.45) is 11.8 Å². The van der Waals surface area contributed by atoms with Gasteiger partial charge in [0.1, 0.15) is 5.25 Å². The van der Waals surface area contributed by atoms with E-state index in [1.807, 2.05) is 13.0 Å². The van der Waals surface area contributed by atoms with Crippen LogP contribution >= 0.6 is 0 Å². The van der Waals surface area contributed by atoms with Gasteiger partial charge in [0.2, 0.25) is 0 Å². The molecule has 70 valence electrons. The Labute approximate surface area is 72.5 Å². The van der Waals surface area contributed by atoms with Crippen LogP contribution in [0.5, 0.6) is 0 Å². The highest BCUT2D eigenvalue weighted by Crippen LogP contribution is 2.21. The van der Waals surface area contributed by atoms with E-state index < -0.39 is 15.4 Å². The van der Waals surface area contributed by atoms with E-state index in [2.05, 4.69) is 10.2 Å². The van der Waals surface area contributed by atoms with Crippen LogP contribution in [-0.2, 0) is 14.4 Å². The summed E-state index contributed by atoms with van der Waals surface area (Å²) < 4.78 is 26.1. The van der Waals surface area contributed by atoms with E-state index in [-0.39, 0.29) is 0 Å². The molecule has 0 fully saturated rings. The van der Waals surface area contributed by atoms with Gasteiger partial charge < -0.3 is 0 Å². The summed E-state index contributed by atoms with van der Waals surface area (Å²) in [6.45, 7) is 2.04. The summed E-state index contributed by atoms with van der Waals surface area (Å²) in [4.78, 5) is 0. The molecule has 0 aromatic rings. The predicted molar refractivity (Wildman–Crippen MR) is 45.5 cm³/mol. The first-order valence-electron chi connectivity index (χ1n) is 3.87. The molecule has 0 spiro atoms. The number of hydrogen-bond donors (Lipinski definition) is 1. The van der Waals surface area contributed by atoms with Gasteiger partial charge in [-0.15, -0.1) is 0 Å². The summed E-state index contributed by atoms with van der Waals surface area (Å²) in [5.41, 5.74) is 0. The molecule has 0 bridgehead atoms. The Bertz CT molecular complexity index is 270. The van der Waals surface area contributed by atoms with Gasteiger partial charge in [0, 0.05) is 0 Å². The quantitative estimate of drug-likeness (QED) is 0.511. The van der Waals surface area contributed by atoms with Crippen molar-refractivity contribution < 1.29 is 12.7 Å². The second-order valence-corrected chi connectivity index (χ2v) is 4.85. The fourth-order valence-corrected chi connectivity index (χ4v) is 2.10. The van der Waals surface area contributed by atoms with Crippen molar-refractivity contribution in [1.82, 2.24) is 0 Å². The van der Waals surface area contributed by atoms with Crippen molar-refractivity contribution >= 4 is 10.1 Å². The van der Waals surface area contributed by atoms with E-state index in [1.54, 1.807) is 6.08 Å². The van der Waals surface area contributed by atoms with Gasteiger partial charge in [-0.25, -0.2) is 0 Å². The van der Waals surface area contributed by atoms with Crippen LogP contribution < -0.4 is 5.90 Å². The number of hydrogen-bond acceptors (Lipinski definition) is 4. The molecule has 0 radical (unpaired) electrons. The van der Waals surface area contributed by atoms with E-state index in [0.29, 0.717) is 12.3 Å². The zero-order chi connectivity index (χ0) is 9.19. The zero-order valence-corrected chi connectivity index (χ0v) is 7.75. The first-order valence-corrected chi connectivity index (χ1v) is 5.34. The van der Waals surface area contributed by atoms with Gasteiger partial charge in [0.25, 0.3) is 10.1 Å².